The first-order valence-electron chi connectivity index (χ1n) is 9.68. The van der Waals surface area contributed by atoms with Crippen LogP contribution in [-0.4, -0.2) is 47.6 Å². The summed E-state index contributed by atoms with van der Waals surface area (Å²) in [4.78, 5) is 25.1. The Bertz CT molecular complexity index is 675. The Morgan fingerprint density at radius 3 is 2.43 bits per heavy atom. The fourth-order valence-corrected chi connectivity index (χ4v) is 3.89. The van der Waals surface area contributed by atoms with Gasteiger partial charge in [-0.25, -0.2) is 0 Å². The van der Waals surface area contributed by atoms with Gasteiger partial charge >= 0.3 is 12.1 Å². The molecule has 2 fully saturated rings. The second-order valence-corrected chi connectivity index (χ2v) is 7.47. The number of carbonyl (C=O) groups is 2. The third-order valence-electron chi connectivity index (χ3n) is 5.35. The van der Waals surface area contributed by atoms with Gasteiger partial charge in [0.2, 0.25) is 5.91 Å². The Hall–Kier alpha value is -2.09. The van der Waals surface area contributed by atoms with Crippen molar-refractivity contribution in [1.29, 1.82) is 0 Å². The number of halogens is 3. The molecule has 2 atom stereocenters. The molecule has 1 heterocycles. The van der Waals surface area contributed by atoms with Gasteiger partial charge in [-0.3, -0.25) is 9.59 Å². The molecule has 0 radical (unpaired) electrons. The van der Waals surface area contributed by atoms with Crippen LogP contribution in [0.15, 0.2) is 30.3 Å². The van der Waals surface area contributed by atoms with Crippen molar-refractivity contribution in [2.24, 2.45) is 0 Å². The molecule has 1 N–H and O–H groups in total. The van der Waals surface area contributed by atoms with Crippen molar-refractivity contribution < 1.29 is 27.5 Å². The van der Waals surface area contributed by atoms with E-state index >= 15 is 0 Å². The van der Waals surface area contributed by atoms with Gasteiger partial charge in [0.05, 0.1) is 12.7 Å². The topological polar surface area (TPSA) is 58.6 Å². The highest BCUT2D eigenvalue weighted by Crippen LogP contribution is 2.28. The molecule has 0 aromatic heterocycles. The summed E-state index contributed by atoms with van der Waals surface area (Å²) in [7, 11) is 0. The van der Waals surface area contributed by atoms with Crippen molar-refractivity contribution in [2.45, 2.75) is 69.5 Å². The van der Waals surface area contributed by atoms with Gasteiger partial charge < -0.3 is 15.0 Å². The van der Waals surface area contributed by atoms with E-state index in [9.17, 15) is 22.8 Å². The predicted octanol–water partition coefficient (Wildman–Crippen LogP) is 3.18. The zero-order valence-corrected chi connectivity index (χ0v) is 15.6. The lowest BCUT2D eigenvalue weighted by Crippen LogP contribution is -2.52. The van der Waals surface area contributed by atoms with E-state index in [0.29, 0.717) is 4.90 Å². The van der Waals surface area contributed by atoms with Crippen molar-refractivity contribution in [2.75, 3.05) is 6.54 Å². The molecule has 3 rings (SSSR count). The molecule has 1 saturated heterocycles. The summed E-state index contributed by atoms with van der Waals surface area (Å²) in [5.74, 6) is -2.50. The highest BCUT2D eigenvalue weighted by molar-refractivity contribution is 5.90. The van der Waals surface area contributed by atoms with Crippen LogP contribution in [0.3, 0.4) is 0 Å². The van der Waals surface area contributed by atoms with E-state index in [4.69, 9.17) is 4.74 Å². The van der Waals surface area contributed by atoms with E-state index in [1.54, 1.807) is 0 Å². The Balaban J connectivity index is 1.65. The van der Waals surface area contributed by atoms with Gasteiger partial charge in [-0.05, 0) is 18.4 Å². The maximum absolute atomic E-state index is 13.0. The first kappa shape index (κ1) is 20.6. The largest absolute Gasteiger partial charge is 0.471 e. The standard InChI is InChI=1S/C20H25F3N2O3/c21-20(22,23)19(27)25-12-16(28-13-14-7-3-1-4-8-14)11-17(25)18(26)24-15-9-5-2-6-10-15/h1,3-4,7-8,15-17H,2,5-6,9-13H2,(H,24,26)/t16-,17-/m0/s1. The Labute approximate surface area is 162 Å². The van der Waals surface area contributed by atoms with Crippen LogP contribution < -0.4 is 5.32 Å². The van der Waals surface area contributed by atoms with E-state index in [-0.39, 0.29) is 25.6 Å². The number of alkyl halides is 3. The molecule has 28 heavy (non-hydrogen) atoms. The van der Waals surface area contributed by atoms with Gasteiger partial charge in [0.15, 0.2) is 0 Å². The predicted molar refractivity (Wildman–Crippen MR) is 96.2 cm³/mol. The molecule has 2 amide bonds. The quantitative estimate of drug-likeness (QED) is 0.829. The van der Waals surface area contributed by atoms with Crippen LogP contribution in [0.4, 0.5) is 13.2 Å². The smallest absolute Gasteiger partial charge is 0.372 e. The number of rotatable bonds is 5. The SMILES string of the molecule is O=C(NC1CCCCC1)[C@@H]1C[C@H](OCc2ccccc2)CN1C(=O)C(F)(F)F. The summed E-state index contributed by atoms with van der Waals surface area (Å²) < 4.78 is 44.7. The zero-order valence-electron chi connectivity index (χ0n) is 15.6. The number of nitrogens with one attached hydrogen (secondary N) is 1. The molecule has 1 saturated carbocycles. The first-order chi connectivity index (χ1) is 13.3. The van der Waals surface area contributed by atoms with Crippen LogP contribution in [0.5, 0.6) is 0 Å². The van der Waals surface area contributed by atoms with Crippen molar-refractivity contribution in [1.82, 2.24) is 10.2 Å². The second-order valence-electron chi connectivity index (χ2n) is 7.47. The molecule has 8 heteroatoms. The Kier molecular flexibility index (Phi) is 6.59. The average Bonchev–Trinajstić information content (AvgIpc) is 3.11. The second kappa shape index (κ2) is 8.94. The fourth-order valence-electron chi connectivity index (χ4n) is 3.89. The van der Waals surface area contributed by atoms with E-state index < -0.39 is 30.1 Å². The van der Waals surface area contributed by atoms with Crippen LogP contribution >= 0.6 is 0 Å². The van der Waals surface area contributed by atoms with Crippen LogP contribution in [0.2, 0.25) is 0 Å². The molecular formula is C20H25F3N2O3. The maximum Gasteiger partial charge on any atom is 0.471 e. The summed E-state index contributed by atoms with van der Waals surface area (Å²) in [6.45, 7) is -0.0234. The van der Waals surface area contributed by atoms with Crippen LogP contribution in [0.1, 0.15) is 44.1 Å². The monoisotopic (exact) mass is 398 g/mol. The average molecular weight is 398 g/mol. The lowest BCUT2D eigenvalue weighted by molar-refractivity contribution is -0.187. The summed E-state index contributed by atoms with van der Waals surface area (Å²) in [6, 6.07) is 8.04. The molecule has 0 spiro atoms. The normalized spacial score (nSPS) is 23.6. The number of hydrogen-bond donors (Lipinski definition) is 1. The van der Waals surface area contributed by atoms with Gasteiger partial charge in [-0.2, -0.15) is 13.2 Å². The molecule has 2 aliphatic rings. The summed E-state index contributed by atoms with van der Waals surface area (Å²) in [5, 5.41) is 2.84. The van der Waals surface area contributed by atoms with E-state index in [0.717, 1.165) is 37.7 Å². The third kappa shape index (κ3) is 5.25. The summed E-state index contributed by atoms with van der Waals surface area (Å²) in [6.07, 6.45) is -0.852. The summed E-state index contributed by atoms with van der Waals surface area (Å²) >= 11 is 0. The fraction of sp³-hybridized carbons (Fsp3) is 0.600. The van der Waals surface area contributed by atoms with E-state index in [1.165, 1.54) is 0 Å². The molecule has 0 unspecified atom stereocenters. The number of hydrogen-bond acceptors (Lipinski definition) is 3. The maximum atomic E-state index is 13.0. The lowest BCUT2D eigenvalue weighted by atomic mass is 9.95. The number of benzene rings is 1. The van der Waals surface area contributed by atoms with Gasteiger partial charge in [0.1, 0.15) is 6.04 Å². The molecule has 1 aliphatic carbocycles. The van der Waals surface area contributed by atoms with E-state index in [1.807, 2.05) is 30.3 Å². The molecule has 5 nitrogen and oxygen atoms in total. The minimum Gasteiger partial charge on any atom is -0.372 e. The first-order valence-corrected chi connectivity index (χ1v) is 9.68. The minimum absolute atomic E-state index is 0.0339. The third-order valence-corrected chi connectivity index (χ3v) is 5.35. The van der Waals surface area contributed by atoms with Crippen LogP contribution in [0.25, 0.3) is 0 Å². The van der Waals surface area contributed by atoms with Crippen LogP contribution in [0, 0.1) is 0 Å². The number of amides is 2. The Morgan fingerprint density at radius 2 is 1.79 bits per heavy atom. The number of ether oxygens (including phenoxy) is 1. The molecular weight excluding hydrogens is 373 g/mol. The number of likely N-dealkylation sites (tertiary alicyclic amines) is 1. The van der Waals surface area contributed by atoms with Crippen molar-refractivity contribution >= 4 is 11.8 Å². The van der Waals surface area contributed by atoms with Gasteiger partial charge in [0, 0.05) is 19.0 Å². The van der Waals surface area contributed by atoms with Gasteiger partial charge in [0.25, 0.3) is 0 Å². The highest BCUT2D eigenvalue weighted by atomic mass is 19.4. The van der Waals surface area contributed by atoms with Crippen LogP contribution in [-0.2, 0) is 20.9 Å². The number of carbonyl (C=O) groups excluding carboxylic acids is 2. The molecule has 1 aromatic carbocycles. The summed E-state index contributed by atoms with van der Waals surface area (Å²) in [5.41, 5.74) is 0.881. The van der Waals surface area contributed by atoms with Crippen molar-refractivity contribution in [3.05, 3.63) is 35.9 Å². The lowest BCUT2D eigenvalue weighted by Gasteiger charge is -2.28. The molecule has 1 aliphatic heterocycles. The molecule has 1 aromatic rings. The Morgan fingerprint density at radius 1 is 1.11 bits per heavy atom. The highest BCUT2D eigenvalue weighted by Gasteiger charge is 2.50. The minimum atomic E-state index is -5.02. The molecule has 0 bridgehead atoms. The van der Waals surface area contributed by atoms with E-state index in [2.05, 4.69) is 5.32 Å². The van der Waals surface area contributed by atoms with Crippen molar-refractivity contribution in [3.63, 3.8) is 0 Å². The van der Waals surface area contributed by atoms with Gasteiger partial charge in [-0.1, -0.05) is 49.6 Å². The van der Waals surface area contributed by atoms with Crippen molar-refractivity contribution in [3.8, 4) is 0 Å². The molecule has 154 valence electrons. The van der Waals surface area contributed by atoms with Gasteiger partial charge in [-0.15, -0.1) is 0 Å². The zero-order chi connectivity index (χ0) is 20.1. The number of nitrogens with zero attached hydrogens (tertiary/aromatic N) is 1.